The van der Waals surface area contributed by atoms with Gasteiger partial charge in [0.15, 0.2) is 0 Å². The summed E-state index contributed by atoms with van der Waals surface area (Å²) in [4.78, 5) is 0.364. The molecule has 0 bridgehead atoms. The number of nitrogens with one attached hydrogen (secondary N) is 1. The van der Waals surface area contributed by atoms with Crippen LogP contribution >= 0.6 is 11.6 Å². The van der Waals surface area contributed by atoms with E-state index in [1.807, 2.05) is 6.92 Å². The number of piperidine rings is 1. The molecule has 1 heterocycles. The van der Waals surface area contributed by atoms with Crippen LogP contribution in [-0.4, -0.2) is 38.9 Å². The minimum atomic E-state index is -3.44. The van der Waals surface area contributed by atoms with Gasteiger partial charge in [0.2, 0.25) is 10.0 Å². The molecule has 0 spiro atoms. The van der Waals surface area contributed by atoms with Gasteiger partial charge in [-0.1, -0.05) is 18.5 Å². The molecule has 1 aliphatic heterocycles. The van der Waals surface area contributed by atoms with Gasteiger partial charge >= 0.3 is 0 Å². The van der Waals surface area contributed by atoms with Crippen LogP contribution in [0.15, 0.2) is 23.1 Å². The van der Waals surface area contributed by atoms with Crippen LogP contribution in [0, 0.1) is 12.8 Å². The fourth-order valence-corrected chi connectivity index (χ4v) is 4.75. The standard InChI is InChI=1S/C15H23ClN2O2S/c1-3-18(11-13-6-8-17-9-7-13)21(19,20)15-5-4-14(16)10-12(15)2/h4-5,10,13,17H,3,6-9,11H2,1-2H3. The summed E-state index contributed by atoms with van der Waals surface area (Å²) in [5.74, 6) is 0.439. The van der Waals surface area contributed by atoms with Gasteiger partial charge in [-0.25, -0.2) is 8.42 Å². The molecule has 1 saturated heterocycles. The van der Waals surface area contributed by atoms with Crippen molar-refractivity contribution in [1.29, 1.82) is 0 Å². The first kappa shape index (κ1) is 16.7. The monoisotopic (exact) mass is 330 g/mol. The summed E-state index contributed by atoms with van der Waals surface area (Å²) in [5.41, 5.74) is 0.700. The average Bonchev–Trinajstić information content (AvgIpc) is 2.45. The number of benzene rings is 1. The molecular formula is C15H23ClN2O2S. The van der Waals surface area contributed by atoms with Crippen LogP contribution in [0.1, 0.15) is 25.3 Å². The predicted octanol–water partition coefficient (Wildman–Crippen LogP) is 2.66. The fourth-order valence-electron chi connectivity index (χ4n) is 2.79. The molecule has 4 nitrogen and oxygen atoms in total. The van der Waals surface area contributed by atoms with Crippen molar-refractivity contribution >= 4 is 21.6 Å². The molecule has 0 atom stereocenters. The summed E-state index contributed by atoms with van der Waals surface area (Å²) in [6, 6.07) is 4.95. The summed E-state index contributed by atoms with van der Waals surface area (Å²) in [6.07, 6.45) is 2.07. The van der Waals surface area contributed by atoms with E-state index in [4.69, 9.17) is 11.6 Å². The van der Waals surface area contributed by atoms with Crippen LogP contribution in [0.5, 0.6) is 0 Å². The number of hydrogen-bond donors (Lipinski definition) is 1. The minimum absolute atomic E-state index is 0.364. The van der Waals surface area contributed by atoms with Crippen molar-refractivity contribution in [2.24, 2.45) is 5.92 Å². The Labute approximate surface area is 132 Å². The maximum atomic E-state index is 12.8. The van der Waals surface area contributed by atoms with Gasteiger partial charge in [0.25, 0.3) is 0 Å². The summed E-state index contributed by atoms with van der Waals surface area (Å²) in [6.45, 7) is 6.72. The first-order valence-corrected chi connectivity index (χ1v) is 9.24. The van der Waals surface area contributed by atoms with Gasteiger partial charge < -0.3 is 5.32 Å². The van der Waals surface area contributed by atoms with Crippen molar-refractivity contribution in [3.63, 3.8) is 0 Å². The van der Waals surface area contributed by atoms with E-state index in [-0.39, 0.29) is 0 Å². The first-order chi connectivity index (χ1) is 9.95. The number of aryl methyl sites for hydroxylation is 1. The van der Waals surface area contributed by atoms with Gasteiger partial charge in [0.05, 0.1) is 4.90 Å². The lowest BCUT2D eigenvalue weighted by molar-refractivity contribution is 0.294. The second kappa shape index (κ2) is 7.09. The highest BCUT2D eigenvalue weighted by molar-refractivity contribution is 7.89. The van der Waals surface area contributed by atoms with Crippen LogP contribution in [-0.2, 0) is 10.0 Å². The molecule has 1 aromatic carbocycles. The largest absolute Gasteiger partial charge is 0.317 e. The lowest BCUT2D eigenvalue weighted by Crippen LogP contribution is -2.39. The second-order valence-corrected chi connectivity index (χ2v) is 7.90. The Morgan fingerprint density at radius 3 is 2.57 bits per heavy atom. The van der Waals surface area contributed by atoms with Gasteiger partial charge in [-0.3, -0.25) is 0 Å². The van der Waals surface area contributed by atoms with E-state index in [9.17, 15) is 8.42 Å². The third-order valence-electron chi connectivity index (χ3n) is 4.03. The number of halogens is 1. The Morgan fingerprint density at radius 1 is 1.33 bits per heavy atom. The van der Waals surface area contributed by atoms with Gasteiger partial charge in [0.1, 0.15) is 0 Å². The number of rotatable bonds is 5. The van der Waals surface area contributed by atoms with Crippen LogP contribution in [0.2, 0.25) is 5.02 Å². The van der Waals surface area contributed by atoms with Crippen LogP contribution in [0.4, 0.5) is 0 Å². The summed E-state index contributed by atoms with van der Waals surface area (Å²) in [7, 11) is -3.44. The lowest BCUT2D eigenvalue weighted by Gasteiger charge is -2.29. The minimum Gasteiger partial charge on any atom is -0.317 e. The second-order valence-electron chi connectivity index (χ2n) is 5.56. The number of hydrogen-bond acceptors (Lipinski definition) is 3. The third kappa shape index (κ3) is 3.97. The van der Waals surface area contributed by atoms with E-state index >= 15 is 0 Å². The molecule has 1 N–H and O–H groups in total. The molecular weight excluding hydrogens is 308 g/mol. The molecule has 0 radical (unpaired) electrons. The van der Waals surface area contributed by atoms with E-state index in [1.54, 1.807) is 29.4 Å². The summed E-state index contributed by atoms with van der Waals surface area (Å²) in [5, 5.41) is 3.87. The molecule has 0 unspecified atom stereocenters. The molecule has 118 valence electrons. The van der Waals surface area contributed by atoms with E-state index in [0.717, 1.165) is 25.9 Å². The molecule has 1 fully saturated rings. The maximum Gasteiger partial charge on any atom is 0.243 e. The van der Waals surface area contributed by atoms with Crippen molar-refractivity contribution in [2.45, 2.75) is 31.6 Å². The smallest absolute Gasteiger partial charge is 0.243 e. The van der Waals surface area contributed by atoms with E-state index in [2.05, 4.69) is 5.32 Å². The molecule has 2 rings (SSSR count). The van der Waals surface area contributed by atoms with Crippen molar-refractivity contribution in [2.75, 3.05) is 26.2 Å². The molecule has 6 heteroatoms. The van der Waals surface area contributed by atoms with Crippen LogP contribution < -0.4 is 5.32 Å². The van der Waals surface area contributed by atoms with E-state index in [1.165, 1.54) is 0 Å². The highest BCUT2D eigenvalue weighted by Gasteiger charge is 2.27. The SMILES string of the molecule is CCN(CC1CCNCC1)S(=O)(=O)c1ccc(Cl)cc1C. The zero-order valence-corrected chi connectivity index (χ0v) is 14.2. The number of sulfonamides is 1. The quantitative estimate of drug-likeness (QED) is 0.903. The number of nitrogens with zero attached hydrogens (tertiary/aromatic N) is 1. The van der Waals surface area contributed by atoms with Crippen molar-refractivity contribution in [1.82, 2.24) is 9.62 Å². The van der Waals surface area contributed by atoms with E-state index < -0.39 is 10.0 Å². The van der Waals surface area contributed by atoms with Crippen molar-refractivity contribution in [3.8, 4) is 0 Å². The third-order valence-corrected chi connectivity index (χ3v) is 6.36. The normalized spacial score (nSPS) is 17.3. The molecule has 0 amide bonds. The molecule has 0 aromatic heterocycles. The zero-order chi connectivity index (χ0) is 15.5. The summed E-state index contributed by atoms with van der Waals surface area (Å²) >= 11 is 5.92. The fraction of sp³-hybridized carbons (Fsp3) is 0.600. The zero-order valence-electron chi connectivity index (χ0n) is 12.6. The highest BCUT2D eigenvalue weighted by atomic mass is 35.5. The Bertz CT molecular complexity index is 583. The van der Waals surface area contributed by atoms with E-state index in [0.29, 0.717) is 34.5 Å². The average molecular weight is 331 g/mol. The Hall–Kier alpha value is -0.620. The molecule has 0 aliphatic carbocycles. The maximum absolute atomic E-state index is 12.8. The molecule has 21 heavy (non-hydrogen) atoms. The Kier molecular flexibility index (Phi) is 5.66. The predicted molar refractivity (Wildman–Crippen MR) is 86.2 cm³/mol. The molecule has 1 aliphatic rings. The summed E-state index contributed by atoms with van der Waals surface area (Å²) < 4.78 is 27.3. The topological polar surface area (TPSA) is 49.4 Å². The van der Waals surface area contributed by atoms with Gasteiger partial charge in [0, 0.05) is 18.1 Å². The Morgan fingerprint density at radius 2 is 2.00 bits per heavy atom. The van der Waals surface area contributed by atoms with Crippen molar-refractivity contribution < 1.29 is 8.42 Å². The van der Waals surface area contributed by atoms with Crippen LogP contribution in [0.3, 0.4) is 0 Å². The molecule has 1 aromatic rings. The van der Waals surface area contributed by atoms with Gasteiger partial charge in [-0.15, -0.1) is 0 Å². The lowest BCUT2D eigenvalue weighted by atomic mass is 9.98. The Balaban J connectivity index is 2.22. The van der Waals surface area contributed by atoms with Crippen LogP contribution in [0.25, 0.3) is 0 Å². The van der Waals surface area contributed by atoms with Crippen molar-refractivity contribution in [3.05, 3.63) is 28.8 Å². The van der Waals surface area contributed by atoms with Gasteiger partial charge in [-0.2, -0.15) is 4.31 Å². The van der Waals surface area contributed by atoms with Gasteiger partial charge in [-0.05, 0) is 62.5 Å². The first-order valence-electron chi connectivity index (χ1n) is 7.42. The highest BCUT2D eigenvalue weighted by Crippen LogP contribution is 2.25. The molecule has 0 saturated carbocycles.